The highest BCUT2D eigenvalue weighted by molar-refractivity contribution is 5.94. The van der Waals surface area contributed by atoms with E-state index < -0.39 is 0 Å². The molecule has 1 aliphatic carbocycles. The maximum absolute atomic E-state index is 13.3. The number of amides is 2. The highest BCUT2D eigenvalue weighted by Crippen LogP contribution is 2.30. The molecule has 1 saturated carbocycles. The zero-order valence-electron chi connectivity index (χ0n) is 22.7. The minimum Gasteiger partial charge on any atom is -0.488 e. The number of benzene rings is 2. The molecule has 2 saturated heterocycles. The van der Waals surface area contributed by atoms with Gasteiger partial charge in [-0.3, -0.25) is 14.5 Å². The van der Waals surface area contributed by atoms with Gasteiger partial charge in [0.2, 0.25) is 5.91 Å². The second kappa shape index (κ2) is 13.9. The van der Waals surface area contributed by atoms with Crippen molar-refractivity contribution in [3.8, 4) is 5.75 Å². The second-order valence-electron chi connectivity index (χ2n) is 10.9. The average molecular weight is 536 g/mol. The van der Waals surface area contributed by atoms with Gasteiger partial charge in [0.15, 0.2) is 6.29 Å². The van der Waals surface area contributed by atoms with Crippen molar-refractivity contribution in [1.29, 1.82) is 0 Å². The summed E-state index contributed by atoms with van der Waals surface area (Å²) in [6.07, 6.45) is 10.6. The van der Waals surface area contributed by atoms with Gasteiger partial charge in [-0.05, 0) is 62.8 Å². The van der Waals surface area contributed by atoms with E-state index in [0.29, 0.717) is 31.4 Å². The molecule has 5 rings (SSSR count). The van der Waals surface area contributed by atoms with Crippen LogP contribution in [0.2, 0.25) is 0 Å². The summed E-state index contributed by atoms with van der Waals surface area (Å²) in [5.41, 5.74) is 3.15. The Morgan fingerprint density at radius 3 is 2.74 bits per heavy atom. The predicted octanol–water partition coefficient (Wildman–Crippen LogP) is 4.63. The summed E-state index contributed by atoms with van der Waals surface area (Å²) >= 11 is 0. The van der Waals surface area contributed by atoms with E-state index in [4.69, 9.17) is 14.3 Å². The summed E-state index contributed by atoms with van der Waals surface area (Å²) in [5.74, 6) is 0.564. The topological polar surface area (TPSA) is 89.1 Å². The summed E-state index contributed by atoms with van der Waals surface area (Å²) in [7, 11) is 0. The van der Waals surface area contributed by atoms with Crippen molar-refractivity contribution >= 4 is 22.6 Å². The predicted molar refractivity (Wildman–Crippen MR) is 150 cm³/mol. The van der Waals surface area contributed by atoms with Crippen LogP contribution in [0.15, 0.2) is 54.1 Å². The maximum atomic E-state index is 13.3. The molecule has 2 unspecified atom stereocenters. The van der Waals surface area contributed by atoms with Gasteiger partial charge >= 0.3 is 0 Å². The minimum atomic E-state index is -0.343. The number of nitrogens with zero attached hydrogens (tertiary/aromatic N) is 1. The average Bonchev–Trinajstić information content (AvgIpc) is 3.72. The van der Waals surface area contributed by atoms with Crippen molar-refractivity contribution in [2.24, 2.45) is 0 Å². The van der Waals surface area contributed by atoms with E-state index in [9.17, 15) is 9.59 Å². The lowest BCUT2D eigenvalue weighted by Crippen LogP contribution is -2.39. The molecule has 0 aromatic heterocycles. The Morgan fingerprint density at radius 1 is 1.03 bits per heavy atom. The van der Waals surface area contributed by atoms with Crippen molar-refractivity contribution in [2.75, 3.05) is 26.3 Å². The van der Waals surface area contributed by atoms with E-state index in [1.807, 2.05) is 36.4 Å². The van der Waals surface area contributed by atoms with Gasteiger partial charge in [0, 0.05) is 50.0 Å². The summed E-state index contributed by atoms with van der Waals surface area (Å²) in [6, 6.07) is 15.0. The molecule has 2 aliphatic heterocycles. The van der Waals surface area contributed by atoms with Gasteiger partial charge in [-0.1, -0.05) is 42.5 Å². The van der Waals surface area contributed by atoms with E-state index in [0.717, 1.165) is 67.8 Å². The molecule has 2 aromatic carbocycles. The highest BCUT2D eigenvalue weighted by Gasteiger charge is 2.35. The quantitative estimate of drug-likeness (QED) is 0.221. The number of carbonyl (C=O) groups excluding carboxylic acids is 2. The number of hydroxylamine groups is 1. The number of rotatable bonds is 13. The minimum absolute atomic E-state index is 0.0588. The van der Waals surface area contributed by atoms with Crippen LogP contribution >= 0.6 is 0 Å². The number of fused-ring (bicyclic) bond motifs is 1. The normalized spacial score (nSPS) is 22.1. The fourth-order valence-electron chi connectivity index (χ4n) is 5.34. The zero-order chi connectivity index (χ0) is 26.9. The van der Waals surface area contributed by atoms with Gasteiger partial charge in [-0.25, -0.2) is 10.3 Å². The monoisotopic (exact) mass is 535 g/mol. The van der Waals surface area contributed by atoms with Crippen LogP contribution in [0.4, 0.5) is 0 Å². The van der Waals surface area contributed by atoms with E-state index in [1.54, 1.807) is 0 Å². The van der Waals surface area contributed by atoms with Crippen molar-refractivity contribution < 1.29 is 23.9 Å². The molecule has 39 heavy (non-hydrogen) atoms. The number of nitrogens with one attached hydrogen (secondary N) is 2. The van der Waals surface area contributed by atoms with Gasteiger partial charge in [0.25, 0.3) is 5.91 Å². The molecular weight excluding hydrogens is 494 g/mol. The third-order valence-corrected chi connectivity index (χ3v) is 7.73. The van der Waals surface area contributed by atoms with E-state index >= 15 is 0 Å². The number of ether oxygens (including phenoxy) is 2. The summed E-state index contributed by atoms with van der Waals surface area (Å²) < 4.78 is 11.7. The summed E-state index contributed by atoms with van der Waals surface area (Å²) in [6.45, 7) is 2.86. The molecule has 2 heterocycles. The molecule has 3 aliphatic rings. The van der Waals surface area contributed by atoms with Crippen LogP contribution in [0.5, 0.6) is 5.75 Å². The Bertz CT molecular complexity index is 1140. The highest BCUT2D eigenvalue weighted by atomic mass is 16.8. The molecule has 0 spiro atoms. The smallest absolute Gasteiger partial charge is 0.250 e. The third-order valence-electron chi connectivity index (χ3n) is 7.73. The van der Waals surface area contributed by atoms with E-state index in [-0.39, 0.29) is 30.8 Å². The molecular formula is C31H41N3O5. The molecule has 8 nitrogen and oxygen atoms in total. The fraction of sp³-hybridized carbons (Fsp3) is 0.548. The van der Waals surface area contributed by atoms with Crippen LogP contribution in [0.25, 0.3) is 10.8 Å². The standard InChI is InChI=1S/C31H41N3O5/c35-29(33-39-30-15-6-7-20-37-30)14-3-1-2-10-24(31(36)32-25-18-19-34(21-25)26-16-17-26)22-38-28-13-8-11-23-9-4-5-12-27(23)28/h4-5,8-13,25-26,30H,1-3,6-7,14-22H2,(H,32,36)(H,33,35). The molecule has 2 N–H and O–H groups in total. The van der Waals surface area contributed by atoms with Crippen molar-refractivity contribution in [3.63, 3.8) is 0 Å². The van der Waals surface area contributed by atoms with Crippen molar-refractivity contribution in [3.05, 3.63) is 54.1 Å². The first-order valence-corrected chi connectivity index (χ1v) is 14.6. The number of hydrogen-bond acceptors (Lipinski definition) is 6. The number of hydrogen-bond donors (Lipinski definition) is 2. The number of carbonyl (C=O) groups is 2. The van der Waals surface area contributed by atoms with E-state index in [1.165, 1.54) is 12.8 Å². The van der Waals surface area contributed by atoms with Crippen LogP contribution in [0, 0.1) is 0 Å². The Kier molecular flexibility index (Phi) is 9.86. The van der Waals surface area contributed by atoms with E-state index in [2.05, 4.69) is 27.8 Å². The number of unbranched alkanes of at least 4 members (excludes halogenated alkanes) is 2. The zero-order valence-corrected chi connectivity index (χ0v) is 22.7. The molecule has 0 bridgehead atoms. The Balaban J connectivity index is 1.12. The molecule has 2 atom stereocenters. The Hall–Kier alpha value is -2.94. The second-order valence-corrected chi connectivity index (χ2v) is 10.9. The number of likely N-dealkylation sites (tertiary alicyclic amines) is 1. The lowest BCUT2D eigenvalue weighted by Gasteiger charge is -2.22. The SMILES string of the molecule is O=C(CCCCC=C(COc1cccc2ccccc12)C(=O)NC1CCN(C2CC2)C1)NOC1CCCCO1. The lowest BCUT2D eigenvalue weighted by molar-refractivity contribution is -0.200. The maximum Gasteiger partial charge on any atom is 0.250 e. The first-order valence-electron chi connectivity index (χ1n) is 14.6. The lowest BCUT2D eigenvalue weighted by atomic mass is 10.1. The molecule has 8 heteroatoms. The third kappa shape index (κ3) is 8.27. The van der Waals surface area contributed by atoms with Crippen LogP contribution in [-0.4, -0.2) is 61.4 Å². The molecule has 2 amide bonds. The van der Waals surface area contributed by atoms with Gasteiger partial charge in [0.1, 0.15) is 12.4 Å². The van der Waals surface area contributed by atoms with Crippen LogP contribution in [-0.2, 0) is 19.2 Å². The Labute approximate surface area is 231 Å². The number of allylic oxidation sites excluding steroid dienone is 1. The first-order chi connectivity index (χ1) is 19.2. The molecule has 210 valence electrons. The van der Waals surface area contributed by atoms with Crippen molar-refractivity contribution in [1.82, 2.24) is 15.7 Å². The van der Waals surface area contributed by atoms with Gasteiger partial charge in [-0.15, -0.1) is 0 Å². The molecule has 2 aromatic rings. The van der Waals surface area contributed by atoms with Gasteiger partial charge in [0.05, 0.1) is 5.57 Å². The molecule has 3 fully saturated rings. The summed E-state index contributed by atoms with van der Waals surface area (Å²) in [4.78, 5) is 33.3. The Morgan fingerprint density at radius 2 is 1.90 bits per heavy atom. The largest absolute Gasteiger partial charge is 0.488 e. The van der Waals surface area contributed by atoms with Gasteiger partial charge < -0.3 is 14.8 Å². The van der Waals surface area contributed by atoms with Gasteiger partial charge in [-0.2, -0.15) is 0 Å². The fourth-order valence-corrected chi connectivity index (χ4v) is 5.34. The molecule has 0 radical (unpaired) electrons. The first kappa shape index (κ1) is 27.6. The van der Waals surface area contributed by atoms with Crippen LogP contribution < -0.4 is 15.5 Å². The van der Waals surface area contributed by atoms with Crippen LogP contribution in [0.3, 0.4) is 0 Å². The van der Waals surface area contributed by atoms with Crippen molar-refractivity contribution in [2.45, 2.75) is 82.6 Å². The summed E-state index contributed by atoms with van der Waals surface area (Å²) in [5, 5.41) is 5.39. The van der Waals surface area contributed by atoms with Crippen LogP contribution in [0.1, 0.15) is 64.2 Å².